The molecule has 1 aromatic carbocycles. The Hall–Kier alpha value is -2.45. The molecule has 2 rings (SSSR count). The van der Waals surface area contributed by atoms with Crippen molar-refractivity contribution in [3.8, 4) is 17.8 Å². The van der Waals surface area contributed by atoms with E-state index < -0.39 is 0 Å². The number of nitriles is 1. The van der Waals surface area contributed by atoms with Crippen molar-refractivity contribution in [2.75, 3.05) is 6.61 Å². The zero-order valence-electron chi connectivity index (χ0n) is 10.5. The highest BCUT2D eigenvalue weighted by Gasteiger charge is 2.04. The molecular formula is C14H13N3O2. The highest BCUT2D eigenvalue weighted by molar-refractivity contribution is 5.30. The van der Waals surface area contributed by atoms with Gasteiger partial charge in [-0.05, 0) is 37.1 Å². The molecule has 96 valence electrons. The molecule has 0 amide bonds. The standard InChI is InChI=1S/C14H13N3O2/c1-10-8-12(9-15)17-14(16-10)19-13-4-2-11(3-5-13)6-7-18/h2-5,8,18H,6-7H2,1H3. The molecule has 5 heteroatoms. The van der Waals surface area contributed by atoms with E-state index in [0.29, 0.717) is 17.9 Å². The summed E-state index contributed by atoms with van der Waals surface area (Å²) in [5, 5.41) is 17.7. The van der Waals surface area contributed by atoms with E-state index in [0.717, 1.165) is 5.56 Å². The molecular weight excluding hydrogens is 242 g/mol. The zero-order valence-corrected chi connectivity index (χ0v) is 10.5. The van der Waals surface area contributed by atoms with Crippen LogP contribution in [0.2, 0.25) is 0 Å². The van der Waals surface area contributed by atoms with E-state index >= 15 is 0 Å². The summed E-state index contributed by atoms with van der Waals surface area (Å²) in [7, 11) is 0. The Morgan fingerprint density at radius 3 is 2.63 bits per heavy atom. The Morgan fingerprint density at radius 2 is 2.00 bits per heavy atom. The normalized spacial score (nSPS) is 9.95. The second-order valence-electron chi connectivity index (χ2n) is 4.01. The Kier molecular flexibility index (Phi) is 4.06. The van der Waals surface area contributed by atoms with Gasteiger partial charge in [-0.1, -0.05) is 12.1 Å². The van der Waals surface area contributed by atoms with E-state index in [2.05, 4.69) is 9.97 Å². The van der Waals surface area contributed by atoms with Gasteiger partial charge in [-0.3, -0.25) is 0 Å². The molecule has 0 fully saturated rings. The molecule has 0 aliphatic rings. The number of hydrogen-bond acceptors (Lipinski definition) is 5. The van der Waals surface area contributed by atoms with Crippen molar-refractivity contribution in [3.05, 3.63) is 47.3 Å². The molecule has 0 atom stereocenters. The molecule has 0 saturated heterocycles. The minimum Gasteiger partial charge on any atom is -0.424 e. The fourth-order valence-corrected chi connectivity index (χ4v) is 1.60. The third-order valence-corrected chi connectivity index (χ3v) is 2.48. The van der Waals surface area contributed by atoms with E-state index in [4.69, 9.17) is 15.1 Å². The van der Waals surface area contributed by atoms with Gasteiger partial charge in [-0.25, -0.2) is 4.98 Å². The third kappa shape index (κ3) is 3.50. The van der Waals surface area contributed by atoms with Crippen LogP contribution in [0.5, 0.6) is 11.8 Å². The first-order chi connectivity index (χ1) is 9.21. The molecule has 0 unspecified atom stereocenters. The number of aromatic nitrogens is 2. The van der Waals surface area contributed by atoms with Crippen molar-refractivity contribution >= 4 is 0 Å². The van der Waals surface area contributed by atoms with E-state index in [1.54, 1.807) is 25.1 Å². The number of nitrogens with zero attached hydrogens (tertiary/aromatic N) is 3. The van der Waals surface area contributed by atoms with E-state index in [9.17, 15) is 0 Å². The molecule has 0 spiro atoms. The van der Waals surface area contributed by atoms with Gasteiger partial charge in [0.2, 0.25) is 0 Å². The lowest BCUT2D eigenvalue weighted by Crippen LogP contribution is -1.96. The summed E-state index contributed by atoms with van der Waals surface area (Å²) < 4.78 is 5.50. The number of hydrogen-bond donors (Lipinski definition) is 1. The molecule has 1 heterocycles. The number of aliphatic hydroxyl groups is 1. The van der Waals surface area contributed by atoms with Crippen LogP contribution in [-0.4, -0.2) is 21.7 Å². The molecule has 5 nitrogen and oxygen atoms in total. The minimum atomic E-state index is 0.118. The van der Waals surface area contributed by atoms with Crippen LogP contribution in [0.15, 0.2) is 30.3 Å². The third-order valence-electron chi connectivity index (χ3n) is 2.48. The molecule has 1 N–H and O–H groups in total. The Bertz CT molecular complexity index is 603. The number of ether oxygens (including phenoxy) is 1. The monoisotopic (exact) mass is 255 g/mol. The first-order valence-electron chi connectivity index (χ1n) is 5.84. The van der Waals surface area contributed by atoms with Gasteiger partial charge in [0.1, 0.15) is 17.5 Å². The van der Waals surface area contributed by atoms with Crippen molar-refractivity contribution in [1.29, 1.82) is 5.26 Å². The zero-order chi connectivity index (χ0) is 13.7. The van der Waals surface area contributed by atoms with Crippen molar-refractivity contribution in [1.82, 2.24) is 9.97 Å². The molecule has 19 heavy (non-hydrogen) atoms. The van der Waals surface area contributed by atoms with Crippen LogP contribution in [0.25, 0.3) is 0 Å². The second kappa shape index (κ2) is 5.94. The lowest BCUT2D eigenvalue weighted by atomic mass is 10.1. The number of rotatable bonds is 4. The van der Waals surface area contributed by atoms with Crippen LogP contribution in [-0.2, 0) is 6.42 Å². The fraction of sp³-hybridized carbons (Fsp3) is 0.214. The highest BCUT2D eigenvalue weighted by Crippen LogP contribution is 2.19. The average Bonchev–Trinajstić information content (AvgIpc) is 2.40. The maximum atomic E-state index is 8.83. The van der Waals surface area contributed by atoms with Gasteiger partial charge in [0.15, 0.2) is 0 Å². The van der Waals surface area contributed by atoms with Crippen LogP contribution in [0.3, 0.4) is 0 Å². The maximum absolute atomic E-state index is 8.83. The predicted molar refractivity (Wildman–Crippen MR) is 68.8 cm³/mol. The number of aliphatic hydroxyl groups excluding tert-OH is 1. The quantitative estimate of drug-likeness (QED) is 0.903. The number of benzene rings is 1. The summed E-state index contributed by atoms with van der Waals surface area (Å²) in [4.78, 5) is 8.08. The molecule has 2 aromatic rings. The van der Waals surface area contributed by atoms with Crippen molar-refractivity contribution in [3.63, 3.8) is 0 Å². The largest absolute Gasteiger partial charge is 0.424 e. The summed E-state index contributed by atoms with van der Waals surface area (Å²) in [6, 6.07) is 11.0. The number of aryl methyl sites for hydroxylation is 1. The van der Waals surface area contributed by atoms with E-state index in [-0.39, 0.29) is 18.3 Å². The highest BCUT2D eigenvalue weighted by atomic mass is 16.5. The van der Waals surface area contributed by atoms with Crippen LogP contribution in [0.4, 0.5) is 0 Å². The first-order valence-corrected chi connectivity index (χ1v) is 5.84. The van der Waals surface area contributed by atoms with Gasteiger partial charge >= 0.3 is 6.01 Å². The lowest BCUT2D eigenvalue weighted by Gasteiger charge is -2.05. The SMILES string of the molecule is Cc1cc(C#N)nc(Oc2ccc(CCO)cc2)n1. The van der Waals surface area contributed by atoms with Crippen LogP contribution in [0, 0.1) is 18.3 Å². The van der Waals surface area contributed by atoms with Crippen LogP contribution < -0.4 is 4.74 Å². The van der Waals surface area contributed by atoms with Gasteiger partial charge in [-0.2, -0.15) is 10.2 Å². The van der Waals surface area contributed by atoms with E-state index in [1.807, 2.05) is 18.2 Å². The van der Waals surface area contributed by atoms with Crippen molar-refractivity contribution in [2.45, 2.75) is 13.3 Å². The van der Waals surface area contributed by atoms with Gasteiger partial charge in [-0.15, -0.1) is 0 Å². The van der Waals surface area contributed by atoms with Crippen molar-refractivity contribution < 1.29 is 9.84 Å². The lowest BCUT2D eigenvalue weighted by molar-refractivity contribution is 0.299. The van der Waals surface area contributed by atoms with Gasteiger partial charge in [0, 0.05) is 12.3 Å². The van der Waals surface area contributed by atoms with Crippen molar-refractivity contribution in [2.24, 2.45) is 0 Å². The maximum Gasteiger partial charge on any atom is 0.323 e. The smallest absolute Gasteiger partial charge is 0.323 e. The van der Waals surface area contributed by atoms with Crippen LogP contribution >= 0.6 is 0 Å². The summed E-state index contributed by atoms with van der Waals surface area (Å²) >= 11 is 0. The Labute approximate surface area is 111 Å². The van der Waals surface area contributed by atoms with Gasteiger partial charge in [0.05, 0.1) is 0 Å². The summed E-state index contributed by atoms with van der Waals surface area (Å²) in [6.07, 6.45) is 0.611. The molecule has 0 radical (unpaired) electrons. The Balaban J connectivity index is 2.17. The van der Waals surface area contributed by atoms with Gasteiger partial charge < -0.3 is 9.84 Å². The van der Waals surface area contributed by atoms with E-state index in [1.165, 1.54) is 0 Å². The average molecular weight is 255 g/mol. The topological polar surface area (TPSA) is 79.0 Å². The summed E-state index contributed by atoms with van der Waals surface area (Å²) in [5.74, 6) is 0.594. The second-order valence-corrected chi connectivity index (χ2v) is 4.01. The van der Waals surface area contributed by atoms with Gasteiger partial charge in [0.25, 0.3) is 0 Å². The molecule has 0 bridgehead atoms. The summed E-state index contributed by atoms with van der Waals surface area (Å²) in [5.41, 5.74) is 1.98. The molecule has 0 aliphatic carbocycles. The molecule has 0 saturated carbocycles. The fourth-order valence-electron chi connectivity index (χ4n) is 1.60. The Morgan fingerprint density at radius 1 is 1.26 bits per heavy atom. The summed E-state index contributed by atoms with van der Waals surface area (Å²) in [6.45, 7) is 1.90. The molecule has 1 aromatic heterocycles. The van der Waals surface area contributed by atoms with Crippen LogP contribution in [0.1, 0.15) is 17.0 Å². The first kappa shape index (κ1) is 13.0. The molecule has 0 aliphatic heterocycles. The predicted octanol–water partition coefficient (Wildman–Crippen LogP) is 1.98. The minimum absolute atomic E-state index is 0.118.